The third-order valence-electron chi connectivity index (χ3n) is 7.76. The van der Waals surface area contributed by atoms with E-state index < -0.39 is 84.2 Å². The zero-order chi connectivity index (χ0) is 38.2. The number of rotatable bonds is 28. The number of amides is 4. The minimum absolute atomic E-state index is 0.00849. The van der Waals surface area contributed by atoms with E-state index in [4.69, 9.17) is 32.8 Å². The van der Waals surface area contributed by atoms with Crippen molar-refractivity contribution in [2.24, 2.45) is 22.9 Å². The predicted octanol–water partition coefficient (Wildman–Crippen LogP) is -5.25. The predicted molar refractivity (Wildman–Crippen MR) is 178 cm³/mol. The van der Waals surface area contributed by atoms with Crippen LogP contribution >= 0.6 is 0 Å². The number of aliphatic carboxylic acids is 1. The third-order valence-corrected chi connectivity index (χ3v) is 7.76. The fourth-order valence-electron chi connectivity index (χ4n) is 4.67. The maximum Gasteiger partial charge on any atom is 0.335 e. The fraction of sp³-hybridized carbons (Fsp3) is 0.800. The van der Waals surface area contributed by atoms with Gasteiger partial charge in [-0.25, -0.2) is 9.59 Å². The van der Waals surface area contributed by atoms with E-state index in [0.717, 1.165) is 0 Å². The first-order valence-corrected chi connectivity index (χ1v) is 16.7. The number of carboxylic acids is 1. The molecule has 4 amide bonds. The molecule has 0 aromatic rings. The summed E-state index contributed by atoms with van der Waals surface area (Å²) in [7, 11) is 1.20. The van der Waals surface area contributed by atoms with Crippen molar-refractivity contribution in [2.75, 3.05) is 33.3 Å². The molecule has 0 radical (unpaired) electrons. The van der Waals surface area contributed by atoms with E-state index in [0.29, 0.717) is 58.2 Å². The fourth-order valence-corrected chi connectivity index (χ4v) is 4.67. The molecule has 0 aliphatic rings. The van der Waals surface area contributed by atoms with Crippen LogP contribution in [0.15, 0.2) is 0 Å². The molecular weight excluding hydrogens is 664 g/mol. The van der Waals surface area contributed by atoms with E-state index in [9.17, 15) is 49.2 Å². The molecule has 0 spiro atoms. The van der Waals surface area contributed by atoms with Crippen molar-refractivity contribution >= 4 is 35.6 Å². The summed E-state index contributed by atoms with van der Waals surface area (Å²) in [5.74, 6) is -5.69. The van der Waals surface area contributed by atoms with Gasteiger partial charge in [-0.05, 0) is 90.3 Å². The topological polar surface area (TPSA) is 365 Å². The molecule has 0 saturated carbocycles. The van der Waals surface area contributed by atoms with Crippen molar-refractivity contribution in [1.29, 1.82) is 0 Å². The minimum Gasteiger partial charge on any atom is -0.479 e. The molecule has 0 aromatic heterocycles. The number of nitrogens with two attached hydrogens (primary N) is 4. The summed E-state index contributed by atoms with van der Waals surface area (Å²) in [6.45, 7) is 0.942. The normalized spacial score (nSPS) is 16.0. The summed E-state index contributed by atoms with van der Waals surface area (Å²) in [4.78, 5) is 74.9. The lowest BCUT2D eigenvalue weighted by Gasteiger charge is -2.26. The second-order valence-electron chi connectivity index (χ2n) is 11.8. The number of methoxy groups -OCH3 is 1. The van der Waals surface area contributed by atoms with E-state index in [1.54, 1.807) is 0 Å². The zero-order valence-electron chi connectivity index (χ0n) is 28.6. The molecule has 0 saturated heterocycles. The number of nitrogens with one attached hydrogen (secondary N) is 4. The number of carbonyl (C=O) groups excluding carboxylic acids is 5. The monoisotopic (exact) mass is 722 g/mol. The SMILES string of the molecule is COC(=O)[C@H](CCCCN)NC(=O)[C@H](CCCCN)NC(=O)[C@H](CCCCN)NC(=O)[C@@H](N)CCCNC(=O)[C@H](O)[C@@H](O)[C@@H](O)[C@H](O)C(=O)O. The maximum atomic E-state index is 13.4. The van der Waals surface area contributed by atoms with Gasteiger partial charge in [-0.3, -0.25) is 19.2 Å². The Morgan fingerprint density at radius 3 is 1.44 bits per heavy atom. The summed E-state index contributed by atoms with van der Waals surface area (Å²) in [6.07, 6.45) is -5.42. The second kappa shape index (κ2) is 26.3. The molecule has 50 heavy (non-hydrogen) atoms. The average Bonchev–Trinajstić information content (AvgIpc) is 3.09. The Labute approximate surface area is 291 Å². The number of hydrogen-bond acceptors (Lipinski definition) is 15. The van der Waals surface area contributed by atoms with Crippen LogP contribution in [0, 0.1) is 0 Å². The summed E-state index contributed by atoms with van der Waals surface area (Å²) in [6, 6.07) is -4.28. The molecule has 0 aliphatic carbocycles. The smallest absolute Gasteiger partial charge is 0.335 e. The van der Waals surface area contributed by atoms with Gasteiger partial charge in [0.25, 0.3) is 5.91 Å². The van der Waals surface area contributed by atoms with Crippen LogP contribution in [0.25, 0.3) is 0 Å². The van der Waals surface area contributed by atoms with Crippen molar-refractivity contribution < 1.29 is 59.0 Å². The Morgan fingerprint density at radius 2 is 1.00 bits per heavy atom. The van der Waals surface area contributed by atoms with Gasteiger partial charge in [-0.1, -0.05) is 0 Å². The van der Waals surface area contributed by atoms with E-state index in [1.807, 2.05) is 0 Å². The average molecular weight is 723 g/mol. The molecule has 0 heterocycles. The van der Waals surface area contributed by atoms with E-state index >= 15 is 0 Å². The van der Waals surface area contributed by atoms with Crippen LogP contribution in [0.1, 0.15) is 70.6 Å². The van der Waals surface area contributed by atoms with Crippen molar-refractivity contribution in [2.45, 2.75) is 119 Å². The molecule has 0 fully saturated rings. The van der Waals surface area contributed by atoms with Crippen LogP contribution < -0.4 is 44.2 Å². The van der Waals surface area contributed by atoms with Crippen LogP contribution in [0.4, 0.5) is 0 Å². The molecule has 0 bridgehead atoms. The van der Waals surface area contributed by atoms with Gasteiger partial charge in [0.1, 0.15) is 30.3 Å². The Kier molecular flexibility index (Phi) is 24.5. The van der Waals surface area contributed by atoms with Crippen LogP contribution in [0.2, 0.25) is 0 Å². The minimum atomic E-state index is -2.44. The standard InChI is InChI=1S/C30H58N8O12/c1-50-30(49)20(12-4-7-15-33)38-27(45)19(11-3-6-14-32)37-26(44)18(10-2-5-13-31)36-25(43)17(34)9-8-16-35-28(46)23(41)21(39)22(40)24(42)29(47)48/h17-24,39-42H,2-16,31-34H2,1H3,(H,35,46)(H,36,43)(H,37,44)(H,38,45)(H,47,48)/t17-,18-,19-,20-,21-,22+,23+,24-/m0/s1. The molecule has 290 valence electrons. The lowest BCUT2D eigenvalue weighted by atomic mass is 10.0. The quantitative estimate of drug-likeness (QED) is 0.0265. The van der Waals surface area contributed by atoms with Crippen molar-refractivity contribution in [3.05, 3.63) is 0 Å². The van der Waals surface area contributed by atoms with E-state index in [2.05, 4.69) is 21.3 Å². The van der Waals surface area contributed by atoms with Crippen molar-refractivity contribution in [1.82, 2.24) is 21.3 Å². The van der Waals surface area contributed by atoms with Gasteiger partial charge in [0.15, 0.2) is 12.2 Å². The summed E-state index contributed by atoms with van der Waals surface area (Å²) in [5, 5.41) is 57.5. The highest BCUT2D eigenvalue weighted by molar-refractivity contribution is 5.94. The summed E-state index contributed by atoms with van der Waals surface area (Å²) < 4.78 is 4.82. The van der Waals surface area contributed by atoms with Crippen LogP contribution in [-0.2, 0) is 33.5 Å². The third kappa shape index (κ3) is 17.9. The first-order chi connectivity index (χ1) is 23.7. The molecule has 17 N–H and O–H groups in total. The Hall–Kier alpha value is -3.50. The molecule has 0 aromatic carbocycles. The molecule has 20 heteroatoms. The van der Waals surface area contributed by atoms with Crippen LogP contribution in [0.5, 0.6) is 0 Å². The molecule has 8 atom stereocenters. The van der Waals surface area contributed by atoms with Gasteiger partial charge in [-0.15, -0.1) is 0 Å². The molecular formula is C30H58N8O12. The van der Waals surface area contributed by atoms with E-state index in [1.165, 1.54) is 7.11 Å². The summed E-state index contributed by atoms with van der Waals surface area (Å²) in [5.41, 5.74) is 22.8. The first-order valence-electron chi connectivity index (χ1n) is 16.7. The molecule has 0 unspecified atom stereocenters. The Morgan fingerprint density at radius 1 is 0.580 bits per heavy atom. The highest BCUT2D eigenvalue weighted by atomic mass is 16.5. The zero-order valence-corrected chi connectivity index (χ0v) is 28.6. The van der Waals surface area contributed by atoms with Gasteiger partial charge in [0, 0.05) is 6.54 Å². The molecule has 0 aliphatic heterocycles. The Balaban J connectivity index is 5.43. The van der Waals surface area contributed by atoms with Gasteiger partial charge in [0.2, 0.25) is 17.7 Å². The number of carbonyl (C=O) groups is 6. The van der Waals surface area contributed by atoms with Gasteiger partial charge >= 0.3 is 11.9 Å². The Bertz CT molecular complexity index is 1060. The van der Waals surface area contributed by atoms with Crippen LogP contribution in [0.3, 0.4) is 0 Å². The number of aliphatic hydroxyl groups excluding tert-OH is 4. The number of aliphatic hydroxyl groups is 4. The number of unbranched alkanes of at least 4 members (excludes halogenated alkanes) is 3. The van der Waals surface area contributed by atoms with Crippen LogP contribution in [-0.4, -0.2) is 143 Å². The second-order valence-corrected chi connectivity index (χ2v) is 11.8. The van der Waals surface area contributed by atoms with E-state index in [-0.39, 0.29) is 38.6 Å². The van der Waals surface area contributed by atoms with Gasteiger partial charge < -0.3 is 74.5 Å². The number of carboxylic acid groups (broad SMARTS) is 1. The molecule has 0 rings (SSSR count). The van der Waals surface area contributed by atoms with Crippen molar-refractivity contribution in [3.8, 4) is 0 Å². The number of ether oxygens (including phenoxy) is 1. The summed E-state index contributed by atoms with van der Waals surface area (Å²) >= 11 is 0. The maximum absolute atomic E-state index is 13.4. The highest BCUT2D eigenvalue weighted by Gasteiger charge is 2.37. The van der Waals surface area contributed by atoms with Gasteiger partial charge in [0.05, 0.1) is 13.2 Å². The molecule has 20 nitrogen and oxygen atoms in total. The highest BCUT2D eigenvalue weighted by Crippen LogP contribution is 2.09. The largest absolute Gasteiger partial charge is 0.479 e. The van der Waals surface area contributed by atoms with Crippen molar-refractivity contribution in [3.63, 3.8) is 0 Å². The lowest BCUT2D eigenvalue weighted by molar-refractivity contribution is -0.166. The first kappa shape index (κ1) is 46.5. The lowest BCUT2D eigenvalue weighted by Crippen LogP contribution is -2.57. The number of esters is 1. The van der Waals surface area contributed by atoms with Gasteiger partial charge in [-0.2, -0.15) is 0 Å². The number of hydrogen-bond donors (Lipinski definition) is 13.